The van der Waals surface area contributed by atoms with Crippen molar-refractivity contribution in [3.8, 4) is 0 Å². The van der Waals surface area contributed by atoms with Crippen molar-refractivity contribution in [2.75, 3.05) is 0 Å². The fourth-order valence-corrected chi connectivity index (χ4v) is 3.94. The molecule has 0 saturated carbocycles. The SMILES string of the molecule is Cc1c(C(C)(C)c2[nH]c3ccccc3c2C)[nH]c2ccccc12. The lowest BCUT2D eigenvalue weighted by Crippen LogP contribution is -2.22. The average molecular weight is 302 g/mol. The van der Waals surface area contributed by atoms with E-state index in [1.165, 1.54) is 44.3 Å². The van der Waals surface area contributed by atoms with Crippen LogP contribution in [0.2, 0.25) is 0 Å². The van der Waals surface area contributed by atoms with Crippen LogP contribution in [0.1, 0.15) is 36.4 Å². The fraction of sp³-hybridized carbons (Fsp3) is 0.238. The van der Waals surface area contributed by atoms with Gasteiger partial charge in [0.2, 0.25) is 0 Å². The minimum Gasteiger partial charge on any atom is -0.357 e. The Morgan fingerprint density at radius 1 is 0.652 bits per heavy atom. The zero-order chi connectivity index (χ0) is 16.2. The van der Waals surface area contributed by atoms with E-state index < -0.39 is 0 Å². The number of benzene rings is 2. The predicted molar refractivity (Wildman–Crippen MR) is 98.2 cm³/mol. The average Bonchev–Trinajstić information content (AvgIpc) is 3.07. The van der Waals surface area contributed by atoms with Gasteiger partial charge in [-0.15, -0.1) is 0 Å². The number of hydrogen-bond acceptors (Lipinski definition) is 0. The molecule has 116 valence electrons. The van der Waals surface area contributed by atoms with E-state index in [2.05, 4.69) is 86.2 Å². The molecule has 0 unspecified atom stereocenters. The molecule has 2 aromatic heterocycles. The Morgan fingerprint density at radius 3 is 1.43 bits per heavy atom. The van der Waals surface area contributed by atoms with Gasteiger partial charge in [-0.3, -0.25) is 0 Å². The largest absolute Gasteiger partial charge is 0.357 e. The van der Waals surface area contributed by atoms with Crippen molar-refractivity contribution >= 4 is 21.8 Å². The van der Waals surface area contributed by atoms with Gasteiger partial charge in [0, 0.05) is 38.6 Å². The normalized spacial score (nSPS) is 12.3. The number of aromatic nitrogens is 2. The molecule has 0 aliphatic rings. The van der Waals surface area contributed by atoms with Gasteiger partial charge in [-0.05, 0) is 51.0 Å². The first-order valence-electron chi connectivity index (χ1n) is 8.15. The molecule has 0 radical (unpaired) electrons. The summed E-state index contributed by atoms with van der Waals surface area (Å²) in [6.07, 6.45) is 0. The molecule has 0 aliphatic heterocycles. The van der Waals surface area contributed by atoms with Crippen molar-refractivity contribution in [1.29, 1.82) is 0 Å². The second kappa shape index (κ2) is 4.76. The summed E-state index contributed by atoms with van der Waals surface area (Å²) in [4.78, 5) is 7.31. The number of aryl methyl sites for hydroxylation is 2. The number of fused-ring (bicyclic) bond motifs is 2. The predicted octanol–water partition coefficient (Wildman–Crippen LogP) is 5.59. The van der Waals surface area contributed by atoms with Gasteiger partial charge in [-0.1, -0.05) is 36.4 Å². The molecule has 0 aliphatic carbocycles. The van der Waals surface area contributed by atoms with Crippen LogP contribution in [0.5, 0.6) is 0 Å². The lowest BCUT2D eigenvalue weighted by Gasteiger charge is -2.25. The van der Waals surface area contributed by atoms with Gasteiger partial charge >= 0.3 is 0 Å². The number of H-pyrrole nitrogens is 2. The third-order valence-corrected chi connectivity index (χ3v) is 5.18. The molecule has 2 heteroatoms. The van der Waals surface area contributed by atoms with Crippen LogP contribution in [0.4, 0.5) is 0 Å². The van der Waals surface area contributed by atoms with Gasteiger partial charge in [0.1, 0.15) is 0 Å². The topological polar surface area (TPSA) is 31.6 Å². The van der Waals surface area contributed by atoms with Crippen LogP contribution < -0.4 is 0 Å². The van der Waals surface area contributed by atoms with Gasteiger partial charge in [-0.2, -0.15) is 0 Å². The Balaban J connectivity index is 1.97. The van der Waals surface area contributed by atoms with Crippen molar-refractivity contribution in [3.63, 3.8) is 0 Å². The van der Waals surface area contributed by atoms with E-state index in [0.29, 0.717) is 0 Å². The summed E-state index contributed by atoms with van der Waals surface area (Å²) >= 11 is 0. The summed E-state index contributed by atoms with van der Waals surface area (Å²) < 4.78 is 0. The summed E-state index contributed by atoms with van der Waals surface area (Å²) in [5.74, 6) is 0. The van der Waals surface area contributed by atoms with Crippen LogP contribution in [-0.2, 0) is 5.41 Å². The zero-order valence-electron chi connectivity index (χ0n) is 14.1. The monoisotopic (exact) mass is 302 g/mol. The van der Waals surface area contributed by atoms with Crippen LogP contribution in [-0.4, -0.2) is 9.97 Å². The first kappa shape index (κ1) is 14.1. The zero-order valence-corrected chi connectivity index (χ0v) is 14.1. The summed E-state index contributed by atoms with van der Waals surface area (Å²) in [5.41, 5.74) is 7.56. The molecule has 0 spiro atoms. The van der Waals surface area contributed by atoms with E-state index >= 15 is 0 Å². The van der Waals surface area contributed by atoms with Gasteiger partial charge in [0.15, 0.2) is 0 Å². The van der Waals surface area contributed by atoms with Crippen LogP contribution in [0.3, 0.4) is 0 Å². The third kappa shape index (κ3) is 1.94. The van der Waals surface area contributed by atoms with E-state index in [4.69, 9.17) is 0 Å². The van der Waals surface area contributed by atoms with E-state index in [-0.39, 0.29) is 5.41 Å². The highest BCUT2D eigenvalue weighted by molar-refractivity contribution is 5.87. The summed E-state index contributed by atoms with van der Waals surface area (Å²) in [6, 6.07) is 17.1. The molecule has 2 aromatic carbocycles. The maximum atomic E-state index is 3.65. The molecular weight excluding hydrogens is 280 g/mol. The Kier molecular flexibility index (Phi) is 2.92. The van der Waals surface area contributed by atoms with Crippen molar-refractivity contribution in [3.05, 3.63) is 71.0 Å². The van der Waals surface area contributed by atoms with Crippen LogP contribution >= 0.6 is 0 Å². The van der Waals surface area contributed by atoms with Crippen LogP contribution in [0, 0.1) is 13.8 Å². The summed E-state index contributed by atoms with van der Waals surface area (Å²) in [7, 11) is 0. The standard InChI is InChI=1S/C21H22N2/c1-13-15-9-5-7-11-17(15)22-19(13)21(3,4)20-14(2)16-10-6-8-12-18(16)23-20/h5-12,22-23H,1-4H3. The van der Waals surface area contributed by atoms with Crippen molar-refractivity contribution < 1.29 is 0 Å². The Hall–Kier alpha value is -2.48. The first-order valence-corrected chi connectivity index (χ1v) is 8.15. The molecular formula is C21H22N2. The molecule has 2 heterocycles. The number of para-hydroxylation sites is 2. The van der Waals surface area contributed by atoms with Crippen LogP contribution in [0.15, 0.2) is 48.5 Å². The number of nitrogens with one attached hydrogen (secondary N) is 2. The maximum absolute atomic E-state index is 3.65. The lowest BCUT2D eigenvalue weighted by molar-refractivity contribution is 0.598. The Bertz CT molecular complexity index is 933. The Morgan fingerprint density at radius 2 is 1.04 bits per heavy atom. The number of rotatable bonds is 2. The van der Waals surface area contributed by atoms with Crippen molar-refractivity contribution in [1.82, 2.24) is 9.97 Å². The molecule has 4 rings (SSSR count). The number of hydrogen-bond donors (Lipinski definition) is 2. The highest BCUT2D eigenvalue weighted by Gasteiger charge is 2.31. The van der Waals surface area contributed by atoms with Gasteiger partial charge < -0.3 is 9.97 Å². The van der Waals surface area contributed by atoms with E-state index in [1.54, 1.807) is 0 Å². The maximum Gasteiger partial charge on any atom is 0.0459 e. The van der Waals surface area contributed by atoms with Gasteiger partial charge in [-0.25, -0.2) is 0 Å². The fourth-order valence-electron chi connectivity index (χ4n) is 3.94. The van der Waals surface area contributed by atoms with E-state index in [9.17, 15) is 0 Å². The number of aromatic amines is 2. The molecule has 23 heavy (non-hydrogen) atoms. The first-order chi connectivity index (χ1) is 11.0. The minimum absolute atomic E-state index is 0.105. The molecule has 0 saturated heterocycles. The smallest absolute Gasteiger partial charge is 0.0459 e. The van der Waals surface area contributed by atoms with Crippen LogP contribution in [0.25, 0.3) is 21.8 Å². The second-order valence-electron chi connectivity index (χ2n) is 6.97. The molecule has 0 atom stereocenters. The van der Waals surface area contributed by atoms with Crippen molar-refractivity contribution in [2.24, 2.45) is 0 Å². The Labute approximate surface area is 136 Å². The highest BCUT2D eigenvalue weighted by atomic mass is 14.8. The molecule has 0 bridgehead atoms. The minimum atomic E-state index is -0.105. The molecule has 4 aromatic rings. The molecule has 2 N–H and O–H groups in total. The second-order valence-corrected chi connectivity index (χ2v) is 6.97. The van der Waals surface area contributed by atoms with Gasteiger partial charge in [0.05, 0.1) is 0 Å². The lowest BCUT2D eigenvalue weighted by atomic mass is 9.81. The van der Waals surface area contributed by atoms with E-state index in [0.717, 1.165) is 0 Å². The highest BCUT2D eigenvalue weighted by Crippen LogP contribution is 2.39. The third-order valence-electron chi connectivity index (χ3n) is 5.18. The van der Waals surface area contributed by atoms with E-state index in [1.807, 2.05) is 0 Å². The van der Waals surface area contributed by atoms with Gasteiger partial charge in [0.25, 0.3) is 0 Å². The molecule has 0 fully saturated rings. The van der Waals surface area contributed by atoms with Crippen molar-refractivity contribution in [2.45, 2.75) is 33.1 Å². The summed E-state index contributed by atoms with van der Waals surface area (Å²) in [5, 5.41) is 2.62. The molecule has 0 amide bonds. The quantitative estimate of drug-likeness (QED) is 0.483. The summed E-state index contributed by atoms with van der Waals surface area (Å²) in [6.45, 7) is 9.02. The molecule has 2 nitrogen and oxygen atoms in total.